The highest BCUT2D eigenvalue weighted by Gasteiger charge is 2.27. The van der Waals surface area contributed by atoms with Gasteiger partial charge in [0.25, 0.3) is 15.9 Å². The van der Waals surface area contributed by atoms with Crippen LogP contribution in [0.25, 0.3) is 0 Å². The van der Waals surface area contributed by atoms with Crippen LogP contribution < -0.4 is 9.62 Å². The molecule has 0 saturated heterocycles. The standard InChI is InChI=1S/C22H19ClN2O3S/c1-15-5-4-7-18(13-15)24-29(27,28)21-14-17(9-10-19(21)23)22(26)25-12-11-16-6-2-3-8-20(16)25/h2-10,13-14,24H,11-12H2,1H3. The fraction of sp³-hybridized carbons (Fsp3) is 0.136. The number of sulfonamides is 1. The van der Waals surface area contributed by atoms with E-state index in [0.717, 1.165) is 23.2 Å². The van der Waals surface area contributed by atoms with Gasteiger partial charge in [-0.05, 0) is 60.9 Å². The molecule has 4 rings (SSSR count). The molecule has 29 heavy (non-hydrogen) atoms. The average Bonchev–Trinajstić information content (AvgIpc) is 3.11. The van der Waals surface area contributed by atoms with E-state index in [1.807, 2.05) is 37.3 Å². The number of halogens is 1. The number of benzene rings is 3. The molecule has 0 bridgehead atoms. The minimum atomic E-state index is -3.95. The molecule has 3 aromatic carbocycles. The SMILES string of the molecule is Cc1cccc(NS(=O)(=O)c2cc(C(=O)N3CCc4ccccc43)ccc2Cl)c1. The second kappa shape index (κ2) is 7.54. The normalized spacial score (nSPS) is 13.2. The molecule has 0 atom stereocenters. The molecule has 1 heterocycles. The lowest BCUT2D eigenvalue weighted by Crippen LogP contribution is -2.29. The van der Waals surface area contributed by atoms with Crippen molar-refractivity contribution in [3.63, 3.8) is 0 Å². The summed E-state index contributed by atoms with van der Waals surface area (Å²) in [6, 6.07) is 19.1. The summed E-state index contributed by atoms with van der Waals surface area (Å²) >= 11 is 6.18. The van der Waals surface area contributed by atoms with E-state index in [1.54, 1.807) is 29.2 Å². The van der Waals surface area contributed by atoms with Crippen LogP contribution in [0.4, 0.5) is 11.4 Å². The minimum absolute atomic E-state index is 0.0588. The molecule has 1 aliphatic rings. The summed E-state index contributed by atoms with van der Waals surface area (Å²) in [5, 5.41) is 0.0588. The van der Waals surface area contributed by atoms with Gasteiger partial charge in [-0.15, -0.1) is 0 Å². The van der Waals surface area contributed by atoms with Crippen molar-refractivity contribution in [3.05, 3.63) is 88.4 Å². The first-order chi connectivity index (χ1) is 13.8. The van der Waals surface area contributed by atoms with Gasteiger partial charge < -0.3 is 4.90 Å². The second-order valence-electron chi connectivity index (χ2n) is 6.96. The molecule has 7 heteroatoms. The van der Waals surface area contributed by atoms with E-state index >= 15 is 0 Å². The molecule has 1 N–H and O–H groups in total. The largest absolute Gasteiger partial charge is 0.308 e. The van der Waals surface area contributed by atoms with E-state index in [4.69, 9.17) is 11.6 Å². The van der Waals surface area contributed by atoms with Crippen LogP contribution in [-0.4, -0.2) is 20.9 Å². The number of aryl methyl sites for hydroxylation is 1. The van der Waals surface area contributed by atoms with Gasteiger partial charge in [0.1, 0.15) is 4.90 Å². The molecular formula is C22H19ClN2O3S. The van der Waals surface area contributed by atoms with Gasteiger partial charge in [0.15, 0.2) is 0 Å². The molecule has 0 spiro atoms. The maximum atomic E-state index is 13.1. The number of fused-ring (bicyclic) bond motifs is 1. The summed E-state index contributed by atoms with van der Waals surface area (Å²) in [4.78, 5) is 14.6. The Morgan fingerprint density at radius 2 is 1.83 bits per heavy atom. The molecule has 0 aromatic heterocycles. The van der Waals surface area contributed by atoms with Crippen molar-refractivity contribution in [1.29, 1.82) is 0 Å². The first-order valence-electron chi connectivity index (χ1n) is 9.14. The first-order valence-corrected chi connectivity index (χ1v) is 11.0. The van der Waals surface area contributed by atoms with Crippen molar-refractivity contribution >= 4 is 38.9 Å². The molecule has 0 saturated carbocycles. The van der Waals surface area contributed by atoms with Gasteiger partial charge in [0.05, 0.1) is 5.02 Å². The predicted octanol–water partition coefficient (Wildman–Crippen LogP) is 4.65. The molecule has 0 unspecified atom stereocenters. The molecular weight excluding hydrogens is 408 g/mol. The highest BCUT2D eigenvalue weighted by Crippen LogP contribution is 2.31. The molecule has 5 nitrogen and oxygen atoms in total. The van der Waals surface area contributed by atoms with Gasteiger partial charge in [-0.2, -0.15) is 0 Å². The number of carbonyl (C=O) groups excluding carboxylic acids is 1. The summed E-state index contributed by atoms with van der Waals surface area (Å²) < 4.78 is 28.3. The number of nitrogens with one attached hydrogen (secondary N) is 1. The number of carbonyl (C=O) groups is 1. The lowest BCUT2D eigenvalue weighted by Gasteiger charge is -2.18. The van der Waals surface area contributed by atoms with Crippen LogP contribution in [-0.2, 0) is 16.4 Å². The van der Waals surface area contributed by atoms with Gasteiger partial charge in [0.2, 0.25) is 0 Å². The van der Waals surface area contributed by atoms with Crippen molar-refractivity contribution in [3.8, 4) is 0 Å². The number of para-hydroxylation sites is 1. The van der Waals surface area contributed by atoms with Gasteiger partial charge >= 0.3 is 0 Å². The number of rotatable bonds is 4. The van der Waals surface area contributed by atoms with Crippen LogP contribution in [0.15, 0.2) is 71.6 Å². The molecule has 0 aliphatic carbocycles. The molecule has 148 valence electrons. The van der Waals surface area contributed by atoms with Crippen LogP contribution in [0.1, 0.15) is 21.5 Å². The van der Waals surface area contributed by atoms with Crippen molar-refractivity contribution in [2.24, 2.45) is 0 Å². The number of amides is 1. The Hall–Kier alpha value is -2.83. The Bertz CT molecular complexity index is 1210. The molecule has 3 aromatic rings. The van der Waals surface area contributed by atoms with Crippen LogP contribution in [0, 0.1) is 6.92 Å². The zero-order valence-corrected chi connectivity index (χ0v) is 17.3. The molecule has 1 amide bonds. The Kier molecular flexibility index (Phi) is 5.06. The highest BCUT2D eigenvalue weighted by molar-refractivity contribution is 7.92. The second-order valence-corrected chi connectivity index (χ2v) is 9.01. The fourth-order valence-electron chi connectivity index (χ4n) is 3.47. The van der Waals surface area contributed by atoms with Crippen LogP contribution in [0.5, 0.6) is 0 Å². The number of nitrogens with zero attached hydrogens (tertiary/aromatic N) is 1. The van der Waals surface area contributed by atoms with E-state index < -0.39 is 10.0 Å². The zero-order chi connectivity index (χ0) is 20.6. The maximum absolute atomic E-state index is 13.1. The van der Waals surface area contributed by atoms with Gasteiger partial charge in [0, 0.05) is 23.5 Å². The van der Waals surface area contributed by atoms with Crippen molar-refractivity contribution < 1.29 is 13.2 Å². The molecule has 0 radical (unpaired) electrons. The van der Waals surface area contributed by atoms with Crippen molar-refractivity contribution in [2.75, 3.05) is 16.2 Å². The summed E-state index contributed by atoms with van der Waals surface area (Å²) in [6.45, 7) is 2.43. The number of hydrogen-bond acceptors (Lipinski definition) is 3. The Labute approximate surface area is 175 Å². The summed E-state index contributed by atoms with van der Waals surface area (Å²) in [5.41, 5.74) is 3.59. The maximum Gasteiger partial charge on any atom is 0.263 e. The summed E-state index contributed by atoms with van der Waals surface area (Å²) in [6.07, 6.45) is 0.773. The average molecular weight is 427 g/mol. The molecule has 1 aliphatic heterocycles. The van der Waals surface area contributed by atoms with Gasteiger partial charge in [-0.25, -0.2) is 8.42 Å². The van der Waals surface area contributed by atoms with Crippen molar-refractivity contribution in [2.45, 2.75) is 18.2 Å². The monoisotopic (exact) mass is 426 g/mol. The third-order valence-electron chi connectivity index (χ3n) is 4.87. The minimum Gasteiger partial charge on any atom is -0.308 e. The topological polar surface area (TPSA) is 66.5 Å². The molecule has 0 fully saturated rings. The number of anilines is 2. The summed E-state index contributed by atoms with van der Waals surface area (Å²) in [7, 11) is -3.95. The fourth-order valence-corrected chi connectivity index (χ4v) is 5.04. The Balaban J connectivity index is 1.67. The highest BCUT2D eigenvalue weighted by atomic mass is 35.5. The zero-order valence-electron chi connectivity index (χ0n) is 15.7. The smallest absolute Gasteiger partial charge is 0.263 e. The third kappa shape index (κ3) is 3.86. The van der Waals surface area contributed by atoms with Crippen molar-refractivity contribution in [1.82, 2.24) is 0 Å². The van der Waals surface area contributed by atoms with E-state index in [1.165, 1.54) is 12.1 Å². The first kappa shape index (κ1) is 19.5. The van der Waals surface area contributed by atoms with Crippen LogP contribution in [0.2, 0.25) is 5.02 Å². The summed E-state index contributed by atoms with van der Waals surface area (Å²) in [5.74, 6) is -0.251. The Morgan fingerprint density at radius 1 is 1.03 bits per heavy atom. The van der Waals surface area contributed by atoms with Crippen LogP contribution in [0.3, 0.4) is 0 Å². The Morgan fingerprint density at radius 3 is 2.62 bits per heavy atom. The van der Waals surface area contributed by atoms with E-state index in [9.17, 15) is 13.2 Å². The van der Waals surface area contributed by atoms with E-state index in [-0.39, 0.29) is 21.4 Å². The van der Waals surface area contributed by atoms with Gasteiger partial charge in [-0.1, -0.05) is 41.9 Å². The van der Waals surface area contributed by atoms with E-state index in [2.05, 4.69) is 4.72 Å². The lowest BCUT2D eigenvalue weighted by atomic mass is 10.1. The van der Waals surface area contributed by atoms with Gasteiger partial charge in [-0.3, -0.25) is 9.52 Å². The van der Waals surface area contributed by atoms with Crippen LogP contribution >= 0.6 is 11.6 Å². The lowest BCUT2D eigenvalue weighted by molar-refractivity contribution is 0.0989. The third-order valence-corrected chi connectivity index (χ3v) is 6.73. The predicted molar refractivity (Wildman–Crippen MR) is 115 cm³/mol. The number of hydrogen-bond donors (Lipinski definition) is 1. The van der Waals surface area contributed by atoms with E-state index in [0.29, 0.717) is 12.2 Å². The quantitative estimate of drug-likeness (QED) is 0.660.